The van der Waals surface area contributed by atoms with Crippen LogP contribution in [0, 0.1) is 0 Å². The summed E-state index contributed by atoms with van der Waals surface area (Å²) in [4.78, 5) is 0. The van der Waals surface area contributed by atoms with Gasteiger partial charge >= 0.3 is 133 Å². The van der Waals surface area contributed by atoms with Gasteiger partial charge in [0.1, 0.15) is 0 Å². The van der Waals surface area contributed by atoms with E-state index in [0.29, 0.717) is 0 Å². The van der Waals surface area contributed by atoms with Crippen molar-refractivity contribution in [2.75, 3.05) is 0 Å². The third kappa shape index (κ3) is 5.73. The molecule has 0 fully saturated rings. The largest absolute Gasteiger partial charge is 1.00 e. The van der Waals surface area contributed by atoms with Crippen molar-refractivity contribution in [1.29, 1.82) is 0 Å². The summed E-state index contributed by atoms with van der Waals surface area (Å²) in [7, 11) is 0. The van der Waals surface area contributed by atoms with Gasteiger partial charge in [-0.05, 0) is 0 Å². The Morgan fingerprint density at radius 3 is 1.64 bits per heavy atom. The Kier molecular flexibility index (Phi) is 11.9. The average molecular weight is 506 g/mol. The maximum absolute atomic E-state index is 4.74. The van der Waals surface area contributed by atoms with Crippen LogP contribution < -0.4 is 24.8 Å². The Morgan fingerprint density at radius 2 is 1.27 bits per heavy atom. The second kappa shape index (κ2) is 11.8. The molecule has 0 unspecified atom stereocenters. The minimum Gasteiger partial charge on any atom is -1.00 e. The maximum Gasteiger partial charge on any atom is -1.00 e. The molecule has 2 rings (SSSR count). The third-order valence-corrected chi connectivity index (χ3v) is 13.4. The molecule has 0 saturated carbocycles. The fourth-order valence-electron chi connectivity index (χ4n) is 3.12. The van der Waals surface area contributed by atoms with Crippen LogP contribution in [0.3, 0.4) is 0 Å². The van der Waals surface area contributed by atoms with Crippen LogP contribution in [0.25, 0.3) is 0 Å². The van der Waals surface area contributed by atoms with Crippen molar-refractivity contribution in [1.82, 2.24) is 0 Å². The second-order valence-corrected chi connectivity index (χ2v) is 13.7. The first kappa shape index (κ1) is 22.3. The first-order chi connectivity index (χ1) is 9.77. The Bertz CT molecular complexity index is 452. The van der Waals surface area contributed by atoms with Crippen molar-refractivity contribution in [2.45, 2.75) is 65.2 Å². The first-order valence-electron chi connectivity index (χ1n) is 8.24. The van der Waals surface area contributed by atoms with Crippen LogP contribution in [0.2, 0.25) is 0 Å². The van der Waals surface area contributed by atoms with Crippen LogP contribution in [-0.2, 0) is 21.0 Å². The van der Waals surface area contributed by atoms with Crippen LogP contribution >= 0.6 is 0 Å². The molecule has 0 aromatic heterocycles. The molecule has 2 aliphatic rings. The van der Waals surface area contributed by atoms with Crippen LogP contribution in [0.15, 0.2) is 42.1 Å². The second-order valence-electron chi connectivity index (χ2n) is 5.91. The number of halogens is 2. The summed E-state index contributed by atoms with van der Waals surface area (Å²) < 4.78 is 8.34. The maximum atomic E-state index is 4.74. The van der Waals surface area contributed by atoms with Gasteiger partial charge in [-0.2, -0.15) is 0 Å². The van der Waals surface area contributed by atoms with E-state index < -0.39 is 21.0 Å². The molecule has 0 N–H and O–H groups in total. The fraction of sp³-hybridized carbons (Fsp3) is 0.526. The van der Waals surface area contributed by atoms with E-state index in [9.17, 15) is 0 Å². The molecule has 122 valence electrons. The summed E-state index contributed by atoms with van der Waals surface area (Å²) >= 11 is -1.94. The molecule has 0 aromatic carbocycles. The molecule has 0 nitrogen and oxygen atoms in total. The van der Waals surface area contributed by atoms with E-state index in [0.717, 1.165) is 0 Å². The van der Waals surface area contributed by atoms with E-state index in [-0.39, 0.29) is 24.8 Å². The number of rotatable bonds is 8. The monoisotopic (exact) mass is 506 g/mol. The first-order valence-corrected chi connectivity index (χ1v) is 14.4. The summed E-state index contributed by atoms with van der Waals surface area (Å²) in [6.07, 6.45) is 19.8. The van der Waals surface area contributed by atoms with Gasteiger partial charge in [0.15, 0.2) is 0 Å². The van der Waals surface area contributed by atoms with Crippen molar-refractivity contribution in [3.63, 3.8) is 0 Å². The number of hydrogen-bond donors (Lipinski definition) is 0. The topological polar surface area (TPSA) is 0 Å². The zero-order valence-corrected chi connectivity index (χ0v) is 19.0. The molecule has 2 aliphatic carbocycles. The molecule has 0 atom stereocenters. The Morgan fingerprint density at radius 1 is 0.864 bits per heavy atom. The third-order valence-electron chi connectivity index (χ3n) is 4.39. The SMILES string of the molecule is [CH2]=[Hf+2]([C]1=C(CCCC)C=CC1)[C]1=C(CCCC)C=CC1.[Cl-].[Cl-]. The zero-order valence-electron chi connectivity index (χ0n) is 13.9. The Labute approximate surface area is 156 Å². The minimum atomic E-state index is -1.94. The minimum absolute atomic E-state index is 0. The van der Waals surface area contributed by atoms with Gasteiger partial charge in [-0.3, -0.25) is 0 Å². The quantitative estimate of drug-likeness (QED) is 0.403. The summed E-state index contributed by atoms with van der Waals surface area (Å²) in [5.74, 6) is 0. The van der Waals surface area contributed by atoms with E-state index in [2.05, 4.69) is 38.2 Å². The van der Waals surface area contributed by atoms with Gasteiger partial charge < -0.3 is 24.8 Å². The summed E-state index contributed by atoms with van der Waals surface area (Å²) in [5.41, 5.74) is 3.33. The molecule has 0 spiro atoms. The van der Waals surface area contributed by atoms with Gasteiger partial charge in [-0.15, -0.1) is 0 Å². The number of hydrogen-bond acceptors (Lipinski definition) is 0. The van der Waals surface area contributed by atoms with E-state index in [1.54, 1.807) is 17.8 Å². The van der Waals surface area contributed by atoms with Crippen LogP contribution in [0.1, 0.15) is 65.2 Å². The normalized spacial score (nSPS) is 15.7. The number of allylic oxidation sites excluding steroid dienone is 8. The molecule has 22 heavy (non-hydrogen) atoms. The van der Waals surface area contributed by atoms with Gasteiger partial charge in [-0.25, -0.2) is 0 Å². The smallest absolute Gasteiger partial charge is 1.00 e. The van der Waals surface area contributed by atoms with Crippen molar-refractivity contribution in [3.8, 4) is 0 Å². The standard InChI is InChI=1S/2C9H13.CH2.2ClH.Hf/c2*1-2-3-6-9-7-4-5-8-9;;;;/h2*4,7H,2-3,5-6H2,1H3;1H2;2*1H;/q;;;;;+2/p-2. The summed E-state index contributed by atoms with van der Waals surface area (Å²) in [6.45, 7) is 4.58. The molecular formula is C19H28Cl2Hf. The average Bonchev–Trinajstić information content (AvgIpc) is 3.10. The predicted octanol–water partition coefficient (Wildman–Crippen LogP) is -0.147. The molecule has 3 heteroatoms. The van der Waals surface area contributed by atoms with Crippen LogP contribution in [0.5, 0.6) is 0 Å². The zero-order chi connectivity index (χ0) is 14.4. The summed E-state index contributed by atoms with van der Waals surface area (Å²) in [5, 5.41) is 0. The van der Waals surface area contributed by atoms with Gasteiger partial charge in [0.25, 0.3) is 0 Å². The van der Waals surface area contributed by atoms with Crippen molar-refractivity contribution < 1.29 is 45.8 Å². The molecule has 0 radical (unpaired) electrons. The molecule has 0 aliphatic heterocycles. The van der Waals surface area contributed by atoms with Gasteiger partial charge in [-0.1, -0.05) is 0 Å². The van der Waals surface area contributed by atoms with Crippen LogP contribution in [-0.4, -0.2) is 4.26 Å². The predicted molar refractivity (Wildman–Crippen MR) is 87.7 cm³/mol. The number of unbranched alkanes of at least 4 members (excludes halogenated alkanes) is 2. The molecule has 0 heterocycles. The summed E-state index contributed by atoms with van der Waals surface area (Å²) in [6, 6.07) is 0. The Hall–Kier alpha value is 0.280. The van der Waals surface area contributed by atoms with Gasteiger partial charge in [0.05, 0.1) is 0 Å². The molecule has 0 bridgehead atoms. The van der Waals surface area contributed by atoms with Crippen LogP contribution in [0.4, 0.5) is 0 Å². The van der Waals surface area contributed by atoms with E-state index >= 15 is 0 Å². The van der Waals surface area contributed by atoms with Gasteiger partial charge in [0.2, 0.25) is 0 Å². The molecule has 0 aromatic rings. The van der Waals surface area contributed by atoms with Gasteiger partial charge in [0, 0.05) is 0 Å². The molecular weight excluding hydrogens is 478 g/mol. The van der Waals surface area contributed by atoms with Crippen molar-refractivity contribution in [2.24, 2.45) is 0 Å². The van der Waals surface area contributed by atoms with E-state index in [4.69, 9.17) is 4.26 Å². The molecule has 0 amide bonds. The van der Waals surface area contributed by atoms with E-state index in [1.165, 1.54) is 51.4 Å². The van der Waals surface area contributed by atoms with E-state index in [1.807, 2.05) is 0 Å². The molecule has 0 saturated heterocycles. The van der Waals surface area contributed by atoms with Crippen molar-refractivity contribution >= 4 is 4.26 Å². The Balaban J connectivity index is 0.00000220. The van der Waals surface area contributed by atoms with Crippen molar-refractivity contribution in [3.05, 3.63) is 42.1 Å². The fourth-order valence-corrected chi connectivity index (χ4v) is 11.3.